The Bertz CT molecular complexity index is 1380. The second kappa shape index (κ2) is 8.60. The minimum Gasteiger partial charge on any atom is -0.493 e. The summed E-state index contributed by atoms with van der Waals surface area (Å²) in [4.78, 5) is 25.1. The first kappa shape index (κ1) is 21.0. The number of fused-ring (bicyclic) bond motifs is 3. The Morgan fingerprint density at radius 1 is 0.970 bits per heavy atom. The molecule has 5 rings (SSSR count). The SMILES string of the molecule is COc1cc(C2CC(=O)Nc3c2ccc2ccccc32)ccc1OC(=O)c1ccc(Cl)cc1. The Labute approximate surface area is 195 Å². The van der Waals surface area contributed by atoms with E-state index in [1.54, 1.807) is 30.3 Å². The highest BCUT2D eigenvalue weighted by Gasteiger charge is 2.28. The van der Waals surface area contributed by atoms with E-state index in [1.807, 2.05) is 36.4 Å². The predicted octanol–water partition coefficient (Wildman–Crippen LogP) is 6.20. The first-order valence-corrected chi connectivity index (χ1v) is 10.9. The molecule has 1 unspecified atom stereocenters. The van der Waals surface area contributed by atoms with Gasteiger partial charge in [0, 0.05) is 22.7 Å². The van der Waals surface area contributed by atoms with E-state index in [4.69, 9.17) is 21.1 Å². The highest BCUT2D eigenvalue weighted by Crippen LogP contribution is 2.43. The number of halogens is 1. The molecule has 0 saturated heterocycles. The van der Waals surface area contributed by atoms with Crippen LogP contribution in [0.4, 0.5) is 5.69 Å². The molecule has 0 radical (unpaired) electrons. The van der Waals surface area contributed by atoms with E-state index in [-0.39, 0.29) is 11.8 Å². The van der Waals surface area contributed by atoms with Crippen LogP contribution in [0.5, 0.6) is 11.5 Å². The number of esters is 1. The van der Waals surface area contributed by atoms with E-state index in [0.717, 1.165) is 27.6 Å². The van der Waals surface area contributed by atoms with Crippen molar-refractivity contribution in [3.8, 4) is 11.5 Å². The number of nitrogens with one attached hydrogen (secondary N) is 1. The first-order valence-electron chi connectivity index (χ1n) is 10.5. The van der Waals surface area contributed by atoms with Gasteiger partial charge in [-0.2, -0.15) is 0 Å². The maximum atomic E-state index is 12.6. The maximum Gasteiger partial charge on any atom is 0.343 e. The second-order valence-electron chi connectivity index (χ2n) is 7.86. The summed E-state index contributed by atoms with van der Waals surface area (Å²) in [5.74, 6) is 0.0317. The topological polar surface area (TPSA) is 64.6 Å². The lowest BCUT2D eigenvalue weighted by atomic mass is 9.83. The zero-order valence-corrected chi connectivity index (χ0v) is 18.6. The number of hydrogen-bond acceptors (Lipinski definition) is 4. The van der Waals surface area contributed by atoms with Gasteiger partial charge in [0.05, 0.1) is 18.4 Å². The van der Waals surface area contributed by atoms with Crippen LogP contribution in [0.2, 0.25) is 5.02 Å². The van der Waals surface area contributed by atoms with Gasteiger partial charge in [-0.15, -0.1) is 0 Å². The largest absolute Gasteiger partial charge is 0.493 e. The summed E-state index contributed by atoms with van der Waals surface area (Å²) in [6.45, 7) is 0. The van der Waals surface area contributed by atoms with Crippen LogP contribution in [-0.2, 0) is 4.79 Å². The fourth-order valence-electron chi connectivity index (χ4n) is 4.23. The van der Waals surface area contributed by atoms with E-state index in [1.165, 1.54) is 7.11 Å². The highest BCUT2D eigenvalue weighted by atomic mass is 35.5. The summed E-state index contributed by atoms with van der Waals surface area (Å²) in [6.07, 6.45) is 0.318. The molecule has 1 atom stereocenters. The average Bonchev–Trinajstić information content (AvgIpc) is 2.84. The molecule has 1 heterocycles. The Hall–Kier alpha value is -3.83. The number of carbonyl (C=O) groups is 2. The molecule has 0 bridgehead atoms. The van der Waals surface area contributed by atoms with E-state index in [9.17, 15) is 9.59 Å². The van der Waals surface area contributed by atoms with Gasteiger partial charge in [0.25, 0.3) is 0 Å². The minimum atomic E-state index is -0.508. The van der Waals surface area contributed by atoms with Gasteiger partial charge in [-0.1, -0.05) is 54.1 Å². The van der Waals surface area contributed by atoms with E-state index >= 15 is 0 Å². The van der Waals surface area contributed by atoms with Crippen LogP contribution in [0, 0.1) is 0 Å². The van der Waals surface area contributed by atoms with Gasteiger partial charge < -0.3 is 14.8 Å². The predicted molar refractivity (Wildman–Crippen MR) is 128 cm³/mol. The van der Waals surface area contributed by atoms with Crippen molar-refractivity contribution in [3.05, 3.63) is 101 Å². The standard InChI is InChI=1S/C27H20ClNO4/c1-32-24-14-18(9-13-23(24)33-27(31)17-6-10-19(28)11-7-17)22-15-25(30)29-26-20-5-3-2-4-16(20)8-12-21(22)26/h2-14,22H,15H2,1H3,(H,29,30). The van der Waals surface area contributed by atoms with Crippen LogP contribution in [0.3, 0.4) is 0 Å². The van der Waals surface area contributed by atoms with Crippen LogP contribution in [0.1, 0.15) is 33.8 Å². The zero-order valence-electron chi connectivity index (χ0n) is 17.8. The first-order chi connectivity index (χ1) is 16.0. The number of hydrogen-bond donors (Lipinski definition) is 1. The molecule has 0 aliphatic carbocycles. The second-order valence-corrected chi connectivity index (χ2v) is 8.30. The number of methoxy groups -OCH3 is 1. The third kappa shape index (κ3) is 4.03. The van der Waals surface area contributed by atoms with Gasteiger partial charge in [-0.05, 0) is 52.9 Å². The van der Waals surface area contributed by atoms with Crippen molar-refractivity contribution in [2.45, 2.75) is 12.3 Å². The molecular formula is C27H20ClNO4. The molecule has 1 amide bonds. The number of anilines is 1. The van der Waals surface area contributed by atoms with Crippen molar-refractivity contribution < 1.29 is 19.1 Å². The van der Waals surface area contributed by atoms with E-state index in [2.05, 4.69) is 17.4 Å². The quantitative estimate of drug-likeness (QED) is 0.293. The summed E-state index contributed by atoms with van der Waals surface area (Å²) in [5.41, 5.74) is 3.17. The molecule has 1 N–H and O–H groups in total. The fourth-order valence-corrected chi connectivity index (χ4v) is 4.36. The van der Waals surface area contributed by atoms with Crippen LogP contribution in [0.15, 0.2) is 78.9 Å². The third-order valence-electron chi connectivity index (χ3n) is 5.86. The highest BCUT2D eigenvalue weighted by molar-refractivity contribution is 6.30. The monoisotopic (exact) mass is 457 g/mol. The fraction of sp³-hybridized carbons (Fsp3) is 0.111. The zero-order chi connectivity index (χ0) is 22.9. The lowest BCUT2D eigenvalue weighted by molar-refractivity contribution is -0.116. The van der Waals surface area contributed by atoms with Gasteiger partial charge in [-0.25, -0.2) is 4.79 Å². The molecular weight excluding hydrogens is 438 g/mol. The van der Waals surface area contributed by atoms with Gasteiger partial charge in [-0.3, -0.25) is 4.79 Å². The molecule has 4 aromatic carbocycles. The molecule has 0 spiro atoms. The van der Waals surface area contributed by atoms with Crippen LogP contribution < -0.4 is 14.8 Å². The molecule has 164 valence electrons. The number of benzene rings is 4. The summed E-state index contributed by atoms with van der Waals surface area (Å²) in [6, 6.07) is 24.0. The number of ether oxygens (including phenoxy) is 2. The molecule has 0 aromatic heterocycles. The normalized spacial score (nSPS) is 15.0. The van der Waals surface area contributed by atoms with Crippen molar-refractivity contribution in [1.82, 2.24) is 0 Å². The van der Waals surface area contributed by atoms with Crippen molar-refractivity contribution >= 4 is 39.9 Å². The Balaban J connectivity index is 1.49. The minimum absolute atomic E-state index is 0.0407. The summed E-state index contributed by atoms with van der Waals surface area (Å²) in [7, 11) is 1.52. The molecule has 6 heteroatoms. The number of amides is 1. The lowest BCUT2D eigenvalue weighted by Gasteiger charge is -2.27. The summed E-state index contributed by atoms with van der Waals surface area (Å²) in [5, 5.41) is 5.66. The van der Waals surface area contributed by atoms with Crippen molar-refractivity contribution in [3.63, 3.8) is 0 Å². The van der Waals surface area contributed by atoms with Gasteiger partial charge in [0.15, 0.2) is 11.5 Å². The van der Waals surface area contributed by atoms with Gasteiger partial charge in [0.1, 0.15) is 0 Å². The average molecular weight is 458 g/mol. The van der Waals surface area contributed by atoms with Crippen molar-refractivity contribution in [2.75, 3.05) is 12.4 Å². The maximum absolute atomic E-state index is 12.6. The molecule has 1 aliphatic heterocycles. The van der Waals surface area contributed by atoms with Crippen LogP contribution in [-0.4, -0.2) is 19.0 Å². The third-order valence-corrected chi connectivity index (χ3v) is 6.12. The lowest BCUT2D eigenvalue weighted by Crippen LogP contribution is -2.23. The molecule has 4 aromatic rings. The molecule has 0 fully saturated rings. The molecule has 5 nitrogen and oxygen atoms in total. The summed E-state index contributed by atoms with van der Waals surface area (Å²) < 4.78 is 11.1. The van der Waals surface area contributed by atoms with E-state index < -0.39 is 5.97 Å². The van der Waals surface area contributed by atoms with Crippen molar-refractivity contribution in [1.29, 1.82) is 0 Å². The molecule has 33 heavy (non-hydrogen) atoms. The van der Waals surface area contributed by atoms with Gasteiger partial charge in [0.2, 0.25) is 5.91 Å². The Morgan fingerprint density at radius 2 is 1.76 bits per heavy atom. The number of carbonyl (C=O) groups excluding carboxylic acids is 2. The molecule has 1 aliphatic rings. The molecule has 0 saturated carbocycles. The smallest absolute Gasteiger partial charge is 0.343 e. The Morgan fingerprint density at radius 3 is 2.55 bits per heavy atom. The van der Waals surface area contributed by atoms with Gasteiger partial charge >= 0.3 is 5.97 Å². The number of rotatable bonds is 4. The van der Waals surface area contributed by atoms with Crippen molar-refractivity contribution in [2.24, 2.45) is 0 Å². The Kier molecular flexibility index (Phi) is 5.48. The van der Waals surface area contributed by atoms with Crippen LogP contribution in [0.25, 0.3) is 10.8 Å². The summed E-state index contributed by atoms with van der Waals surface area (Å²) >= 11 is 5.89. The van der Waals surface area contributed by atoms with Crippen LogP contribution >= 0.6 is 11.6 Å². The van der Waals surface area contributed by atoms with E-state index in [0.29, 0.717) is 28.5 Å².